The number of anilines is 1. The Kier molecular flexibility index (Phi) is 4.31. The highest BCUT2D eigenvalue weighted by Gasteiger charge is 2.13. The monoisotopic (exact) mass is 281 g/mol. The molecule has 2 heterocycles. The van der Waals surface area contributed by atoms with Crippen LogP contribution in [0, 0.1) is 6.92 Å². The lowest BCUT2D eigenvalue weighted by Crippen LogP contribution is -2.10. The minimum atomic E-state index is 0.252. The zero-order chi connectivity index (χ0) is 13.8. The Labute approximate surface area is 116 Å². The quantitative estimate of drug-likeness (QED) is 0.849. The molecule has 2 rings (SSSR count). The number of hydrogen-bond donors (Lipinski definition) is 1. The summed E-state index contributed by atoms with van der Waals surface area (Å²) in [5, 5.41) is 7.46. The molecule has 0 unspecified atom stereocenters. The van der Waals surface area contributed by atoms with Gasteiger partial charge in [-0.25, -0.2) is 9.97 Å². The molecule has 0 saturated carbocycles. The molecule has 0 fully saturated rings. The van der Waals surface area contributed by atoms with Gasteiger partial charge < -0.3 is 9.84 Å². The van der Waals surface area contributed by atoms with E-state index in [1.807, 2.05) is 0 Å². The van der Waals surface area contributed by atoms with E-state index in [-0.39, 0.29) is 5.92 Å². The molecule has 0 bridgehead atoms. The van der Waals surface area contributed by atoms with Crippen molar-refractivity contribution >= 4 is 17.4 Å². The molecule has 102 valence electrons. The van der Waals surface area contributed by atoms with Crippen LogP contribution in [0.5, 0.6) is 0 Å². The minimum absolute atomic E-state index is 0.252. The molecule has 0 aliphatic carbocycles. The highest BCUT2D eigenvalue weighted by molar-refractivity contribution is 6.30. The van der Waals surface area contributed by atoms with Crippen LogP contribution in [-0.2, 0) is 6.42 Å². The summed E-state index contributed by atoms with van der Waals surface area (Å²) in [4.78, 5) is 12.4. The van der Waals surface area contributed by atoms with Gasteiger partial charge in [0.1, 0.15) is 17.3 Å². The smallest absolute Gasteiger partial charge is 0.228 e. The van der Waals surface area contributed by atoms with E-state index in [9.17, 15) is 0 Å². The number of aryl methyl sites for hydroxylation is 1. The molecule has 0 aromatic carbocycles. The summed E-state index contributed by atoms with van der Waals surface area (Å²) in [6.07, 6.45) is 2.09. The van der Waals surface area contributed by atoms with E-state index < -0.39 is 0 Å². The summed E-state index contributed by atoms with van der Waals surface area (Å²) < 4.78 is 5.04. The van der Waals surface area contributed by atoms with Crippen molar-refractivity contribution in [2.75, 3.05) is 11.9 Å². The fraction of sp³-hybridized carbons (Fsp3) is 0.500. The zero-order valence-electron chi connectivity index (χ0n) is 11.1. The standard InChI is InChI=1S/C12H16ClN5O/c1-7(2)10-11(13)15-6-16-12(10)14-5-4-9-17-8(3)18-19-9/h6-7H,4-5H2,1-3H3,(H,14,15,16). The Morgan fingerprint density at radius 1 is 1.37 bits per heavy atom. The largest absolute Gasteiger partial charge is 0.369 e. The molecule has 0 radical (unpaired) electrons. The molecule has 0 spiro atoms. The average Bonchev–Trinajstić information content (AvgIpc) is 2.74. The summed E-state index contributed by atoms with van der Waals surface area (Å²) >= 11 is 6.09. The van der Waals surface area contributed by atoms with E-state index in [2.05, 4.69) is 39.3 Å². The van der Waals surface area contributed by atoms with E-state index in [1.54, 1.807) is 6.92 Å². The maximum atomic E-state index is 6.09. The lowest BCUT2D eigenvalue weighted by molar-refractivity contribution is 0.377. The normalized spacial score (nSPS) is 11.0. The van der Waals surface area contributed by atoms with Crippen molar-refractivity contribution in [1.82, 2.24) is 20.1 Å². The van der Waals surface area contributed by atoms with Crippen molar-refractivity contribution in [3.8, 4) is 0 Å². The summed E-state index contributed by atoms with van der Waals surface area (Å²) in [5.74, 6) is 2.26. The van der Waals surface area contributed by atoms with E-state index in [1.165, 1.54) is 6.33 Å². The first-order valence-corrected chi connectivity index (χ1v) is 6.49. The van der Waals surface area contributed by atoms with Gasteiger partial charge in [-0.05, 0) is 12.8 Å². The second-order valence-electron chi connectivity index (χ2n) is 4.49. The van der Waals surface area contributed by atoms with Crippen LogP contribution in [0.3, 0.4) is 0 Å². The van der Waals surface area contributed by atoms with Crippen molar-refractivity contribution in [2.24, 2.45) is 0 Å². The number of rotatable bonds is 5. The first kappa shape index (κ1) is 13.7. The fourth-order valence-electron chi connectivity index (χ4n) is 1.76. The van der Waals surface area contributed by atoms with Crippen molar-refractivity contribution < 1.29 is 4.52 Å². The van der Waals surface area contributed by atoms with Gasteiger partial charge >= 0.3 is 0 Å². The summed E-state index contributed by atoms with van der Waals surface area (Å²) in [5.41, 5.74) is 0.922. The number of nitrogens with zero attached hydrogens (tertiary/aromatic N) is 4. The molecular formula is C12H16ClN5O. The first-order valence-electron chi connectivity index (χ1n) is 6.11. The molecule has 0 aliphatic heterocycles. The first-order chi connectivity index (χ1) is 9.08. The summed E-state index contributed by atoms with van der Waals surface area (Å²) in [6.45, 7) is 6.55. The van der Waals surface area contributed by atoms with Gasteiger partial charge in [0, 0.05) is 18.5 Å². The molecule has 0 aliphatic rings. The third-order valence-corrected chi connectivity index (χ3v) is 2.91. The fourth-order valence-corrected chi connectivity index (χ4v) is 2.11. The van der Waals surface area contributed by atoms with Crippen LogP contribution in [0.15, 0.2) is 10.9 Å². The average molecular weight is 282 g/mol. The van der Waals surface area contributed by atoms with Crippen molar-refractivity contribution in [3.63, 3.8) is 0 Å². The number of aromatic nitrogens is 4. The van der Waals surface area contributed by atoms with Crippen LogP contribution in [0.4, 0.5) is 5.82 Å². The van der Waals surface area contributed by atoms with Crippen molar-refractivity contribution in [3.05, 3.63) is 28.8 Å². The van der Waals surface area contributed by atoms with Crippen LogP contribution in [0.1, 0.15) is 37.0 Å². The second kappa shape index (κ2) is 5.97. The van der Waals surface area contributed by atoms with Gasteiger partial charge in [0.25, 0.3) is 0 Å². The molecule has 0 amide bonds. The SMILES string of the molecule is Cc1noc(CCNc2ncnc(Cl)c2C(C)C)n1. The van der Waals surface area contributed by atoms with Crippen LogP contribution in [0.25, 0.3) is 0 Å². The van der Waals surface area contributed by atoms with Gasteiger partial charge in [0.2, 0.25) is 5.89 Å². The Morgan fingerprint density at radius 2 is 2.16 bits per heavy atom. The highest BCUT2D eigenvalue weighted by atomic mass is 35.5. The van der Waals surface area contributed by atoms with E-state index >= 15 is 0 Å². The third kappa shape index (κ3) is 3.41. The van der Waals surface area contributed by atoms with Crippen LogP contribution in [0.2, 0.25) is 5.15 Å². The molecule has 7 heteroatoms. The van der Waals surface area contributed by atoms with E-state index in [4.69, 9.17) is 16.1 Å². The Morgan fingerprint density at radius 3 is 2.79 bits per heavy atom. The van der Waals surface area contributed by atoms with E-state index in [0.717, 1.165) is 11.4 Å². The molecule has 0 atom stereocenters. The Bertz CT molecular complexity index is 555. The predicted molar refractivity (Wildman–Crippen MR) is 72.4 cm³/mol. The zero-order valence-corrected chi connectivity index (χ0v) is 11.9. The van der Waals surface area contributed by atoms with Crippen LogP contribution in [-0.4, -0.2) is 26.7 Å². The second-order valence-corrected chi connectivity index (χ2v) is 4.85. The molecule has 19 heavy (non-hydrogen) atoms. The Hall–Kier alpha value is -1.69. The molecule has 2 aromatic heterocycles. The topological polar surface area (TPSA) is 76.7 Å². The van der Waals surface area contributed by atoms with Gasteiger partial charge in [-0.2, -0.15) is 4.98 Å². The van der Waals surface area contributed by atoms with Gasteiger partial charge in [-0.1, -0.05) is 30.6 Å². The lowest BCUT2D eigenvalue weighted by atomic mass is 10.1. The van der Waals surface area contributed by atoms with Crippen molar-refractivity contribution in [2.45, 2.75) is 33.1 Å². The molecular weight excluding hydrogens is 266 g/mol. The number of hydrogen-bond acceptors (Lipinski definition) is 6. The van der Waals surface area contributed by atoms with Crippen molar-refractivity contribution in [1.29, 1.82) is 0 Å². The minimum Gasteiger partial charge on any atom is -0.369 e. The van der Waals surface area contributed by atoms with Crippen LogP contribution >= 0.6 is 11.6 Å². The van der Waals surface area contributed by atoms with Gasteiger partial charge in [0.15, 0.2) is 5.82 Å². The summed E-state index contributed by atoms with van der Waals surface area (Å²) in [6, 6.07) is 0. The highest BCUT2D eigenvalue weighted by Crippen LogP contribution is 2.27. The number of nitrogens with one attached hydrogen (secondary N) is 1. The van der Waals surface area contributed by atoms with Crippen LogP contribution < -0.4 is 5.32 Å². The molecule has 0 saturated heterocycles. The molecule has 2 aromatic rings. The van der Waals surface area contributed by atoms with Gasteiger partial charge in [-0.3, -0.25) is 0 Å². The molecule has 1 N–H and O–H groups in total. The summed E-state index contributed by atoms with van der Waals surface area (Å²) in [7, 11) is 0. The predicted octanol–water partition coefficient (Wildman–Crippen LogP) is 2.60. The van der Waals surface area contributed by atoms with Gasteiger partial charge in [-0.15, -0.1) is 0 Å². The van der Waals surface area contributed by atoms with E-state index in [0.29, 0.717) is 29.8 Å². The maximum absolute atomic E-state index is 6.09. The maximum Gasteiger partial charge on any atom is 0.228 e. The number of halogens is 1. The third-order valence-electron chi connectivity index (χ3n) is 2.61. The lowest BCUT2D eigenvalue weighted by Gasteiger charge is -2.13. The van der Waals surface area contributed by atoms with Gasteiger partial charge in [0.05, 0.1) is 0 Å². The molecule has 6 nitrogen and oxygen atoms in total. The Balaban J connectivity index is 2.01.